The van der Waals surface area contributed by atoms with E-state index in [-0.39, 0.29) is 0 Å². The van der Waals surface area contributed by atoms with Gasteiger partial charge in [-0.15, -0.1) is 11.3 Å². The molecule has 1 N–H and O–H groups in total. The number of nitrogens with zero attached hydrogens (tertiary/aromatic N) is 3. The number of H-pyrrole nitrogens is 1. The highest BCUT2D eigenvalue weighted by Crippen LogP contribution is 2.20. The lowest BCUT2D eigenvalue weighted by atomic mass is 10.2. The van der Waals surface area contributed by atoms with Crippen molar-refractivity contribution in [1.82, 2.24) is 19.3 Å². The molecule has 0 saturated carbocycles. The van der Waals surface area contributed by atoms with Gasteiger partial charge in [0.05, 0.1) is 5.69 Å². The topological polar surface area (TPSA) is 38.5 Å². The summed E-state index contributed by atoms with van der Waals surface area (Å²) in [5.74, 6) is 0. The molecule has 4 nitrogen and oxygen atoms in total. The second-order valence-electron chi connectivity index (χ2n) is 4.93. The fourth-order valence-corrected chi connectivity index (χ4v) is 3.55. The highest BCUT2D eigenvalue weighted by Gasteiger charge is 2.14. The number of aromatic nitrogens is 4. The Morgan fingerprint density at radius 1 is 1.40 bits per heavy atom. The Bertz CT molecular complexity index is 761. The second-order valence-corrected chi connectivity index (χ2v) is 6.35. The lowest BCUT2D eigenvalue weighted by molar-refractivity contribution is 0.663. The van der Waals surface area contributed by atoms with Crippen LogP contribution in [0, 0.1) is 4.77 Å². The SMILES string of the molecule is CCCc1nn(C)c2c1[nH]c(=S)n2CCc1cccs1. The zero-order valence-electron chi connectivity index (χ0n) is 11.7. The first-order valence-corrected chi connectivity index (χ1v) is 8.16. The number of imidazole rings is 1. The van der Waals surface area contributed by atoms with Gasteiger partial charge in [-0.1, -0.05) is 19.4 Å². The summed E-state index contributed by atoms with van der Waals surface area (Å²) in [6, 6.07) is 4.26. The lowest BCUT2D eigenvalue weighted by Crippen LogP contribution is -2.05. The number of aromatic amines is 1. The van der Waals surface area contributed by atoms with Crippen LogP contribution in [0.5, 0.6) is 0 Å². The molecule has 0 amide bonds. The molecule has 0 aliphatic carbocycles. The molecule has 0 bridgehead atoms. The molecular formula is C14H18N4S2. The molecule has 3 heterocycles. The maximum atomic E-state index is 5.47. The van der Waals surface area contributed by atoms with Gasteiger partial charge in [0.2, 0.25) is 0 Å². The molecule has 6 heteroatoms. The highest BCUT2D eigenvalue weighted by molar-refractivity contribution is 7.71. The molecule has 0 aliphatic rings. The maximum absolute atomic E-state index is 5.47. The number of aryl methyl sites for hydroxylation is 4. The van der Waals surface area contributed by atoms with E-state index in [1.54, 1.807) is 11.3 Å². The van der Waals surface area contributed by atoms with Crippen molar-refractivity contribution >= 4 is 34.7 Å². The third kappa shape index (κ3) is 2.33. The Balaban J connectivity index is 1.98. The summed E-state index contributed by atoms with van der Waals surface area (Å²) < 4.78 is 4.90. The molecule has 3 aromatic rings. The van der Waals surface area contributed by atoms with Crippen molar-refractivity contribution in [3.05, 3.63) is 32.9 Å². The first-order valence-electron chi connectivity index (χ1n) is 6.87. The van der Waals surface area contributed by atoms with Crippen LogP contribution in [0.15, 0.2) is 17.5 Å². The zero-order chi connectivity index (χ0) is 14.1. The highest BCUT2D eigenvalue weighted by atomic mass is 32.1. The van der Waals surface area contributed by atoms with E-state index >= 15 is 0 Å². The molecular weight excluding hydrogens is 288 g/mol. The summed E-state index contributed by atoms with van der Waals surface area (Å²) in [7, 11) is 1.99. The van der Waals surface area contributed by atoms with E-state index < -0.39 is 0 Å². The Morgan fingerprint density at radius 3 is 2.95 bits per heavy atom. The van der Waals surface area contributed by atoms with Crippen LogP contribution in [0.25, 0.3) is 11.2 Å². The van der Waals surface area contributed by atoms with E-state index in [0.29, 0.717) is 0 Å². The van der Waals surface area contributed by atoms with Gasteiger partial charge in [-0.2, -0.15) is 5.10 Å². The first-order chi connectivity index (χ1) is 9.70. The minimum atomic E-state index is 0.793. The maximum Gasteiger partial charge on any atom is 0.179 e. The number of thiophene rings is 1. The quantitative estimate of drug-likeness (QED) is 0.730. The van der Waals surface area contributed by atoms with Gasteiger partial charge < -0.3 is 9.55 Å². The Labute approximate surface area is 127 Å². The largest absolute Gasteiger partial charge is 0.328 e. The van der Waals surface area contributed by atoms with Gasteiger partial charge in [0.1, 0.15) is 5.52 Å². The van der Waals surface area contributed by atoms with E-state index in [0.717, 1.165) is 47.4 Å². The standard InChI is InChI=1S/C14H18N4S2/c1-3-5-11-12-13(17(2)16-11)18(14(19)15-12)8-7-10-6-4-9-20-10/h4,6,9H,3,5,7-8H2,1-2H3,(H,15,19). The van der Waals surface area contributed by atoms with Crippen LogP contribution in [0.4, 0.5) is 0 Å². The van der Waals surface area contributed by atoms with Crippen LogP contribution >= 0.6 is 23.6 Å². The predicted molar refractivity (Wildman–Crippen MR) is 85.9 cm³/mol. The molecule has 0 spiro atoms. The van der Waals surface area contributed by atoms with Gasteiger partial charge in [-0.3, -0.25) is 4.68 Å². The van der Waals surface area contributed by atoms with Crippen LogP contribution in [-0.4, -0.2) is 19.3 Å². The Hall–Kier alpha value is -1.40. The number of hydrogen-bond donors (Lipinski definition) is 1. The van der Waals surface area contributed by atoms with Gasteiger partial charge in [-0.05, 0) is 36.5 Å². The summed E-state index contributed by atoms with van der Waals surface area (Å²) in [5.41, 5.74) is 3.33. The third-order valence-electron chi connectivity index (χ3n) is 3.47. The molecule has 20 heavy (non-hydrogen) atoms. The smallest absolute Gasteiger partial charge is 0.179 e. The molecule has 106 valence electrons. The van der Waals surface area contributed by atoms with E-state index in [1.165, 1.54) is 4.88 Å². The van der Waals surface area contributed by atoms with E-state index in [4.69, 9.17) is 12.2 Å². The van der Waals surface area contributed by atoms with Crippen molar-refractivity contribution in [2.24, 2.45) is 7.05 Å². The van der Waals surface area contributed by atoms with Crippen molar-refractivity contribution in [3.8, 4) is 0 Å². The average Bonchev–Trinajstić information content (AvgIpc) is 3.08. The number of nitrogens with one attached hydrogen (secondary N) is 1. The van der Waals surface area contributed by atoms with E-state index in [1.807, 2.05) is 11.7 Å². The lowest BCUT2D eigenvalue weighted by Gasteiger charge is -2.03. The van der Waals surface area contributed by atoms with Gasteiger partial charge in [0.15, 0.2) is 10.4 Å². The fraction of sp³-hybridized carbons (Fsp3) is 0.429. The third-order valence-corrected chi connectivity index (χ3v) is 4.73. The van der Waals surface area contributed by atoms with E-state index in [2.05, 4.69) is 39.1 Å². The van der Waals surface area contributed by atoms with Gasteiger partial charge in [-0.25, -0.2) is 0 Å². The molecule has 3 rings (SSSR count). The molecule has 0 unspecified atom stereocenters. The first kappa shape index (κ1) is 13.6. The summed E-state index contributed by atoms with van der Waals surface area (Å²) in [6.07, 6.45) is 3.08. The molecule has 0 aromatic carbocycles. The van der Waals surface area contributed by atoms with Gasteiger partial charge in [0, 0.05) is 18.5 Å². The van der Waals surface area contributed by atoms with Crippen molar-refractivity contribution in [3.63, 3.8) is 0 Å². The monoisotopic (exact) mass is 306 g/mol. The Kier molecular flexibility index (Phi) is 3.76. The van der Waals surface area contributed by atoms with Crippen molar-refractivity contribution in [2.45, 2.75) is 32.7 Å². The molecule has 3 aromatic heterocycles. The van der Waals surface area contributed by atoms with Gasteiger partial charge in [0.25, 0.3) is 0 Å². The van der Waals surface area contributed by atoms with Crippen LogP contribution in [0.3, 0.4) is 0 Å². The predicted octanol–water partition coefficient (Wildman–Crippen LogP) is 3.69. The van der Waals surface area contributed by atoms with Crippen molar-refractivity contribution in [1.29, 1.82) is 0 Å². The molecule has 0 radical (unpaired) electrons. The minimum absolute atomic E-state index is 0.793. The minimum Gasteiger partial charge on any atom is -0.328 e. The van der Waals surface area contributed by atoms with Crippen LogP contribution < -0.4 is 0 Å². The van der Waals surface area contributed by atoms with Crippen molar-refractivity contribution < 1.29 is 0 Å². The normalized spacial score (nSPS) is 11.5. The zero-order valence-corrected chi connectivity index (χ0v) is 13.4. The summed E-state index contributed by atoms with van der Waals surface area (Å²) in [6.45, 7) is 3.06. The molecule has 0 atom stereocenters. The number of hydrogen-bond acceptors (Lipinski definition) is 3. The van der Waals surface area contributed by atoms with E-state index in [9.17, 15) is 0 Å². The summed E-state index contributed by atoms with van der Waals surface area (Å²) in [5, 5.41) is 6.72. The van der Waals surface area contributed by atoms with Crippen LogP contribution in [0.2, 0.25) is 0 Å². The van der Waals surface area contributed by atoms with Crippen LogP contribution in [-0.2, 0) is 26.4 Å². The number of fused-ring (bicyclic) bond motifs is 1. The molecule has 0 saturated heterocycles. The Morgan fingerprint density at radius 2 is 2.25 bits per heavy atom. The molecule has 0 aliphatic heterocycles. The van der Waals surface area contributed by atoms with Crippen molar-refractivity contribution in [2.75, 3.05) is 0 Å². The summed E-state index contributed by atoms with van der Waals surface area (Å²) >= 11 is 7.27. The fourth-order valence-electron chi connectivity index (χ4n) is 2.57. The number of rotatable bonds is 5. The molecule has 0 fully saturated rings. The average molecular weight is 306 g/mol. The second kappa shape index (κ2) is 5.54. The van der Waals surface area contributed by atoms with Crippen LogP contribution in [0.1, 0.15) is 23.9 Å². The van der Waals surface area contributed by atoms with Gasteiger partial charge >= 0.3 is 0 Å². The summed E-state index contributed by atoms with van der Waals surface area (Å²) in [4.78, 5) is 4.72.